The summed E-state index contributed by atoms with van der Waals surface area (Å²) in [4.78, 5) is 17.8. The molecule has 0 fully saturated rings. The molecule has 0 radical (unpaired) electrons. The fourth-order valence-corrected chi connectivity index (χ4v) is 3.47. The molecule has 7 nitrogen and oxygen atoms in total. The van der Waals surface area contributed by atoms with Crippen molar-refractivity contribution in [2.75, 3.05) is 11.4 Å². The Morgan fingerprint density at radius 2 is 2.25 bits per heavy atom. The summed E-state index contributed by atoms with van der Waals surface area (Å²) in [6.45, 7) is 3.52. The summed E-state index contributed by atoms with van der Waals surface area (Å²) >= 11 is 0. The van der Waals surface area contributed by atoms with Gasteiger partial charge in [-0.25, -0.2) is 0 Å². The second-order valence-corrected chi connectivity index (χ2v) is 6.32. The number of H-pyrrole nitrogens is 1. The highest BCUT2D eigenvalue weighted by Crippen LogP contribution is 2.37. The zero-order valence-corrected chi connectivity index (χ0v) is 13.3. The van der Waals surface area contributed by atoms with Crippen LogP contribution in [0.25, 0.3) is 10.9 Å². The largest absolute Gasteiger partial charge is 0.361 e. The van der Waals surface area contributed by atoms with Crippen LogP contribution in [0.3, 0.4) is 0 Å². The third kappa shape index (κ3) is 2.38. The highest BCUT2D eigenvalue weighted by Gasteiger charge is 2.27. The Labute approximate surface area is 138 Å². The van der Waals surface area contributed by atoms with Crippen molar-refractivity contribution in [1.29, 1.82) is 0 Å². The lowest BCUT2D eigenvalue weighted by Crippen LogP contribution is -2.27. The minimum Gasteiger partial charge on any atom is -0.361 e. The van der Waals surface area contributed by atoms with Crippen LogP contribution in [0.2, 0.25) is 0 Å². The number of nitrogens with zero attached hydrogens (tertiary/aromatic N) is 4. The van der Waals surface area contributed by atoms with Gasteiger partial charge in [-0.2, -0.15) is 5.10 Å². The van der Waals surface area contributed by atoms with Crippen LogP contribution in [-0.2, 0) is 13.0 Å². The third-order valence-electron chi connectivity index (χ3n) is 4.51. The minimum atomic E-state index is -0.300. The van der Waals surface area contributed by atoms with E-state index in [4.69, 9.17) is 0 Å². The lowest BCUT2D eigenvalue weighted by molar-refractivity contribution is -0.382. The number of fused-ring (bicyclic) bond motifs is 2. The monoisotopic (exact) mass is 323 g/mol. The molecule has 0 bridgehead atoms. The van der Waals surface area contributed by atoms with Gasteiger partial charge in [0.1, 0.15) is 5.69 Å². The van der Waals surface area contributed by atoms with Crippen LogP contribution in [0.5, 0.6) is 0 Å². The quantitative estimate of drug-likeness (QED) is 0.578. The smallest absolute Gasteiger partial charge is 0.301 e. The molecule has 3 aromatic rings. The van der Waals surface area contributed by atoms with Gasteiger partial charge in [0.05, 0.1) is 22.0 Å². The van der Waals surface area contributed by atoms with Crippen molar-refractivity contribution in [2.45, 2.75) is 19.9 Å². The summed E-state index contributed by atoms with van der Waals surface area (Å²) in [7, 11) is 0. The molecule has 2 aromatic heterocycles. The van der Waals surface area contributed by atoms with Crippen LogP contribution < -0.4 is 4.90 Å². The first kappa shape index (κ1) is 14.6. The molecule has 122 valence electrons. The summed E-state index contributed by atoms with van der Waals surface area (Å²) in [6, 6.07) is 7.15. The molecule has 3 heterocycles. The van der Waals surface area contributed by atoms with Gasteiger partial charge in [0.25, 0.3) is 0 Å². The first-order valence-corrected chi connectivity index (χ1v) is 7.91. The molecule has 0 saturated heterocycles. The van der Waals surface area contributed by atoms with Gasteiger partial charge < -0.3 is 4.90 Å². The fourth-order valence-electron chi connectivity index (χ4n) is 3.47. The van der Waals surface area contributed by atoms with Crippen molar-refractivity contribution in [3.63, 3.8) is 0 Å². The van der Waals surface area contributed by atoms with Crippen LogP contribution >= 0.6 is 0 Å². The van der Waals surface area contributed by atoms with E-state index in [0.29, 0.717) is 29.1 Å². The molecule has 1 aliphatic heterocycles. The molecule has 1 unspecified atom stereocenters. The van der Waals surface area contributed by atoms with Gasteiger partial charge in [-0.1, -0.05) is 6.92 Å². The van der Waals surface area contributed by atoms with E-state index in [1.165, 1.54) is 0 Å². The topological polar surface area (TPSA) is 88.0 Å². The number of hydrogen-bond donors (Lipinski definition) is 1. The van der Waals surface area contributed by atoms with E-state index in [1.54, 1.807) is 18.3 Å². The molecule has 0 aliphatic carbocycles. The van der Waals surface area contributed by atoms with Crippen LogP contribution in [0.4, 0.5) is 11.4 Å². The summed E-state index contributed by atoms with van der Waals surface area (Å²) in [6.07, 6.45) is 4.36. The maximum atomic E-state index is 11.8. The maximum absolute atomic E-state index is 11.8. The molecule has 7 heteroatoms. The van der Waals surface area contributed by atoms with Gasteiger partial charge in [-0.3, -0.25) is 20.2 Å². The van der Waals surface area contributed by atoms with Crippen molar-refractivity contribution in [2.24, 2.45) is 5.92 Å². The van der Waals surface area contributed by atoms with Gasteiger partial charge in [0.2, 0.25) is 0 Å². The van der Waals surface area contributed by atoms with Crippen molar-refractivity contribution >= 4 is 22.3 Å². The molecule has 1 aliphatic rings. The number of rotatable bonds is 2. The van der Waals surface area contributed by atoms with E-state index in [-0.39, 0.29) is 10.6 Å². The Kier molecular flexibility index (Phi) is 3.41. The third-order valence-corrected chi connectivity index (χ3v) is 4.51. The number of nitrogens with one attached hydrogen (secondary N) is 1. The SMILES string of the molecule is CC1Cc2[nH]ncc2CN(c2ccc3ncccc3c2[N+](=O)[O-])C1. The van der Waals surface area contributed by atoms with Crippen molar-refractivity contribution in [3.8, 4) is 0 Å². The van der Waals surface area contributed by atoms with Gasteiger partial charge in [-0.15, -0.1) is 0 Å². The van der Waals surface area contributed by atoms with Gasteiger partial charge >= 0.3 is 5.69 Å². The first-order chi connectivity index (χ1) is 11.6. The molecule has 4 rings (SSSR count). The summed E-state index contributed by atoms with van der Waals surface area (Å²) in [5.41, 5.74) is 3.62. The van der Waals surface area contributed by atoms with E-state index >= 15 is 0 Å². The second-order valence-electron chi connectivity index (χ2n) is 6.32. The minimum absolute atomic E-state index is 0.125. The fraction of sp³-hybridized carbons (Fsp3) is 0.294. The van der Waals surface area contributed by atoms with Crippen molar-refractivity contribution in [1.82, 2.24) is 15.2 Å². The number of benzene rings is 1. The van der Waals surface area contributed by atoms with E-state index in [2.05, 4.69) is 27.0 Å². The molecular weight excluding hydrogens is 306 g/mol. The van der Waals surface area contributed by atoms with Crippen molar-refractivity contribution in [3.05, 3.63) is 58.0 Å². The Morgan fingerprint density at radius 1 is 1.38 bits per heavy atom. The molecule has 0 amide bonds. The molecule has 1 N–H and O–H groups in total. The Balaban J connectivity index is 1.87. The molecule has 1 atom stereocenters. The standard InChI is InChI=1S/C17H17N5O2/c1-11-7-15-12(8-19-20-15)10-21(9-11)16-5-4-14-13(3-2-6-18-14)17(16)22(23)24/h2-6,8,11H,7,9-10H2,1H3,(H,19,20). The molecular formula is C17H17N5O2. The second kappa shape index (κ2) is 5.59. The van der Waals surface area contributed by atoms with E-state index < -0.39 is 0 Å². The Hall–Kier alpha value is -2.96. The molecule has 24 heavy (non-hydrogen) atoms. The average molecular weight is 323 g/mol. The number of nitro groups is 1. The average Bonchev–Trinajstić information content (AvgIpc) is 2.93. The van der Waals surface area contributed by atoms with Crippen LogP contribution in [0.15, 0.2) is 36.7 Å². The highest BCUT2D eigenvalue weighted by molar-refractivity contribution is 5.94. The zero-order chi connectivity index (χ0) is 16.7. The summed E-state index contributed by atoms with van der Waals surface area (Å²) in [5.74, 6) is 0.371. The van der Waals surface area contributed by atoms with E-state index in [1.807, 2.05) is 18.3 Å². The Morgan fingerprint density at radius 3 is 3.08 bits per heavy atom. The highest BCUT2D eigenvalue weighted by atomic mass is 16.6. The molecule has 0 saturated carbocycles. The van der Waals surface area contributed by atoms with E-state index in [9.17, 15) is 10.1 Å². The normalized spacial score (nSPS) is 17.5. The number of aromatic amines is 1. The lowest BCUT2D eigenvalue weighted by atomic mass is 10.1. The molecule has 0 spiro atoms. The van der Waals surface area contributed by atoms with Crippen molar-refractivity contribution < 1.29 is 4.92 Å². The number of nitro benzene ring substituents is 1. The van der Waals surface area contributed by atoms with Gasteiger partial charge in [-0.05, 0) is 36.6 Å². The van der Waals surface area contributed by atoms with E-state index in [0.717, 1.165) is 24.2 Å². The van der Waals surface area contributed by atoms with Gasteiger partial charge in [0, 0.05) is 30.5 Å². The number of hydrogen-bond acceptors (Lipinski definition) is 5. The number of aromatic nitrogens is 3. The first-order valence-electron chi connectivity index (χ1n) is 7.91. The lowest BCUT2D eigenvalue weighted by Gasteiger charge is -2.25. The van der Waals surface area contributed by atoms with Gasteiger partial charge in [0.15, 0.2) is 0 Å². The van der Waals surface area contributed by atoms with Crippen LogP contribution in [0.1, 0.15) is 18.2 Å². The molecule has 1 aromatic carbocycles. The zero-order valence-electron chi connectivity index (χ0n) is 13.3. The summed E-state index contributed by atoms with van der Waals surface area (Å²) < 4.78 is 0. The predicted molar refractivity (Wildman–Crippen MR) is 90.9 cm³/mol. The predicted octanol–water partition coefficient (Wildman–Crippen LogP) is 3.06. The van der Waals surface area contributed by atoms with Crippen LogP contribution in [-0.4, -0.2) is 26.6 Å². The Bertz CT molecular complexity index is 920. The number of pyridine rings is 1. The summed E-state index contributed by atoms with van der Waals surface area (Å²) in [5, 5.41) is 19.5. The maximum Gasteiger partial charge on any atom is 0.301 e. The number of anilines is 1. The van der Waals surface area contributed by atoms with Crippen LogP contribution in [0, 0.1) is 16.0 Å².